The molecule has 0 aliphatic carbocycles. The van der Waals surface area contributed by atoms with E-state index in [4.69, 9.17) is 0 Å². The van der Waals surface area contributed by atoms with Gasteiger partial charge in [-0.2, -0.15) is 0 Å². The van der Waals surface area contributed by atoms with Gasteiger partial charge in [-0.25, -0.2) is 18.6 Å². The van der Waals surface area contributed by atoms with Gasteiger partial charge in [-0.15, -0.1) is 0 Å². The van der Waals surface area contributed by atoms with Crippen LogP contribution >= 0.6 is 0 Å². The van der Waals surface area contributed by atoms with Crippen molar-refractivity contribution in [3.8, 4) is 0 Å². The average Bonchev–Trinajstić information content (AvgIpc) is 3.05. The minimum absolute atomic E-state index is 0.197. The molecule has 7 nitrogen and oxygen atoms in total. The predicted molar refractivity (Wildman–Crippen MR) is 97.3 cm³/mol. The Bertz CT molecular complexity index is 1160. The van der Waals surface area contributed by atoms with Crippen molar-refractivity contribution in [3.63, 3.8) is 0 Å². The molecule has 1 atom stereocenters. The predicted octanol–water partition coefficient (Wildman–Crippen LogP) is 1.65. The van der Waals surface area contributed by atoms with Crippen LogP contribution in [0.1, 0.15) is 24.4 Å². The largest absolute Gasteiger partial charge is 0.335 e. The number of H-pyrrole nitrogens is 1. The van der Waals surface area contributed by atoms with E-state index in [0.29, 0.717) is 17.0 Å². The quantitative estimate of drug-likeness (QED) is 0.664. The Labute approximate surface area is 153 Å². The summed E-state index contributed by atoms with van der Waals surface area (Å²) in [5, 5.41) is 3.15. The van der Waals surface area contributed by atoms with E-state index in [1.54, 1.807) is 6.92 Å². The molecule has 2 heterocycles. The van der Waals surface area contributed by atoms with Gasteiger partial charge in [0.25, 0.3) is 5.56 Å². The van der Waals surface area contributed by atoms with Crippen LogP contribution in [0.15, 0.2) is 39.9 Å². The third-order valence-corrected chi connectivity index (χ3v) is 4.39. The summed E-state index contributed by atoms with van der Waals surface area (Å²) in [6.07, 6.45) is 0. The SMILES string of the molecule is C=C(C)C(NCc1nc2c([nH]1)c(=O)n(C)c(=O)n2C)c1ccc(F)c(F)c1. The molecule has 0 saturated heterocycles. The number of hydrogen-bond acceptors (Lipinski definition) is 4. The van der Waals surface area contributed by atoms with Crippen molar-refractivity contribution < 1.29 is 8.78 Å². The first-order valence-electron chi connectivity index (χ1n) is 8.19. The fraction of sp³-hybridized carbons (Fsp3) is 0.278. The Hall–Kier alpha value is -3.07. The van der Waals surface area contributed by atoms with Crippen LogP contribution in [0.3, 0.4) is 0 Å². The fourth-order valence-electron chi connectivity index (χ4n) is 2.92. The zero-order chi connectivity index (χ0) is 19.9. The number of nitrogens with one attached hydrogen (secondary N) is 2. The van der Waals surface area contributed by atoms with Crippen LogP contribution < -0.4 is 16.6 Å². The van der Waals surface area contributed by atoms with Crippen LogP contribution in [0.5, 0.6) is 0 Å². The van der Waals surface area contributed by atoms with Crippen molar-refractivity contribution in [1.29, 1.82) is 0 Å². The number of rotatable bonds is 5. The van der Waals surface area contributed by atoms with Gasteiger partial charge in [0.2, 0.25) is 0 Å². The van der Waals surface area contributed by atoms with Crippen LogP contribution in [0.4, 0.5) is 8.78 Å². The minimum Gasteiger partial charge on any atom is -0.335 e. The molecule has 1 unspecified atom stereocenters. The fourth-order valence-corrected chi connectivity index (χ4v) is 2.92. The third-order valence-electron chi connectivity index (χ3n) is 4.39. The summed E-state index contributed by atoms with van der Waals surface area (Å²) in [7, 11) is 2.92. The molecule has 0 bridgehead atoms. The molecule has 0 fully saturated rings. The third kappa shape index (κ3) is 3.33. The zero-order valence-corrected chi connectivity index (χ0v) is 15.1. The number of aromatic nitrogens is 4. The standard InChI is InChI=1S/C18H19F2N5O2/c1-9(2)14(10-5-6-11(19)12(20)7-10)21-8-13-22-15-16(23-13)24(3)18(27)25(4)17(15)26/h5-7,14,21H,1,8H2,2-4H3,(H,22,23). The number of imidazole rings is 1. The van der Waals surface area contributed by atoms with E-state index in [0.717, 1.165) is 16.7 Å². The van der Waals surface area contributed by atoms with Gasteiger partial charge in [0.1, 0.15) is 11.3 Å². The van der Waals surface area contributed by atoms with Gasteiger partial charge in [0.15, 0.2) is 17.3 Å². The zero-order valence-electron chi connectivity index (χ0n) is 15.1. The number of fused-ring (bicyclic) bond motifs is 1. The monoisotopic (exact) mass is 375 g/mol. The number of halogens is 2. The van der Waals surface area contributed by atoms with Gasteiger partial charge < -0.3 is 4.98 Å². The molecular weight excluding hydrogens is 356 g/mol. The second-order valence-corrected chi connectivity index (χ2v) is 6.42. The first-order chi connectivity index (χ1) is 12.7. The maximum Gasteiger partial charge on any atom is 0.332 e. The molecule has 0 aliphatic rings. The molecule has 27 heavy (non-hydrogen) atoms. The van der Waals surface area contributed by atoms with Crippen LogP contribution in [0, 0.1) is 11.6 Å². The lowest BCUT2D eigenvalue weighted by Crippen LogP contribution is -2.36. The highest BCUT2D eigenvalue weighted by Gasteiger charge is 2.17. The number of benzene rings is 1. The Balaban J connectivity index is 1.92. The molecule has 1 aromatic carbocycles. The molecule has 2 aromatic heterocycles. The molecular formula is C18H19F2N5O2. The minimum atomic E-state index is -0.942. The summed E-state index contributed by atoms with van der Waals surface area (Å²) < 4.78 is 29.0. The molecule has 0 saturated carbocycles. The highest BCUT2D eigenvalue weighted by Crippen LogP contribution is 2.22. The molecule has 0 spiro atoms. The number of aromatic amines is 1. The van der Waals surface area contributed by atoms with E-state index in [-0.39, 0.29) is 17.7 Å². The van der Waals surface area contributed by atoms with Gasteiger partial charge in [0, 0.05) is 14.1 Å². The van der Waals surface area contributed by atoms with Crippen molar-refractivity contribution in [2.75, 3.05) is 0 Å². The average molecular weight is 375 g/mol. The first-order valence-corrected chi connectivity index (χ1v) is 8.19. The molecule has 9 heteroatoms. The van der Waals surface area contributed by atoms with Crippen LogP contribution in [-0.2, 0) is 20.6 Å². The van der Waals surface area contributed by atoms with Gasteiger partial charge in [-0.05, 0) is 24.6 Å². The second kappa shape index (κ2) is 6.92. The highest BCUT2D eigenvalue weighted by atomic mass is 19.2. The summed E-state index contributed by atoms with van der Waals surface area (Å²) in [6.45, 7) is 5.84. The van der Waals surface area contributed by atoms with E-state index < -0.39 is 28.9 Å². The molecule has 0 amide bonds. The Morgan fingerprint density at radius 1 is 1.26 bits per heavy atom. The molecule has 3 aromatic rings. The van der Waals surface area contributed by atoms with E-state index >= 15 is 0 Å². The molecule has 142 valence electrons. The molecule has 3 rings (SSSR count). The van der Waals surface area contributed by atoms with E-state index in [9.17, 15) is 18.4 Å². The summed E-state index contributed by atoms with van der Waals surface area (Å²) in [6, 6.07) is 3.20. The van der Waals surface area contributed by atoms with Crippen molar-refractivity contribution >= 4 is 11.2 Å². The van der Waals surface area contributed by atoms with Gasteiger partial charge in [-0.3, -0.25) is 19.2 Å². The molecule has 0 aliphatic heterocycles. The van der Waals surface area contributed by atoms with Gasteiger partial charge >= 0.3 is 5.69 Å². The second-order valence-electron chi connectivity index (χ2n) is 6.42. The Morgan fingerprint density at radius 2 is 1.96 bits per heavy atom. The van der Waals surface area contributed by atoms with Crippen molar-refractivity contribution in [3.05, 3.63) is 74.2 Å². The summed E-state index contributed by atoms with van der Waals surface area (Å²) in [5.74, 6) is -1.44. The maximum atomic E-state index is 13.5. The summed E-state index contributed by atoms with van der Waals surface area (Å²) >= 11 is 0. The van der Waals surface area contributed by atoms with Crippen molar-refractivity contribution in [1.82, 2.24) is 24.4 Å². The van der Waals surface area contributed by atoms with Crippen LogP contribution in [0.2, 0.25) is 0 Å². The molecule has 0 radical (unpaired) electrons. The lowest BCUT2D eigenvalue weighted by atomic mass is 10.0. The Kier molecular flexibility index (Phi) is 4.79. The topological polar surface area (TPSA) is 84.7 Å². The Morgan fingerprint density at radius 3 is 2.59 bits per heavy atom. The lowest BCUT2D eigenvalue weighted by Gasteiger charge is -2.19. The van der Waals surface area contributed by atoms with Gasteiger partial charge in [0.05, 0.1) is 12.6 Å². The first kappa shape index (κ1) is 18.7. The van der Waals surface area contributed by atoms with E-state index in [1.165, 1.54) is 24.7 Å². The van der Waals surface area contributed by atoms with E-state index in [1.807, 2.05) is 0 Å². The van der Waals surface area contributed by atoms with Crippen molar-refractivity contribution in [2.24, 2.45) is 14.1 Å². The van der Waals surface area contributed by atoms with E-state index in [2.05, 4.69) is 21.9 Å². The maximum absolute atomic E-state index is 13.5. The smallest absolute Gasteiger partial charge is 0.332 e. The van der Waals surface area contributed by atoms with Gasteiger partial charge in [-0.1, -0.05) is 18.2 Å². The van der Waals surface area contributed by atoms with Crippen LogP contribution in [-0.4, -0.2) is 19.1 Å². The highest BCUT2D eigenvalue weighted by molar-refractivity contribution is 5.69. The lowest BCUT2D eigenvalue weighted by molar-refractivity contribution is 0.502. The van der Waals surface area contributed by atoms with Crippen LogP contribution in [0.25, 0.3) is 11.2 Å². The number of hydrogen-bond donors (Lipinski definition) is 2. The summed E-state index contributed by atoms with van der Waals surface area (Å²) in [5.41, 5.74) is 0.737. The number of nitrogens with zero attached hydrogens (tertiary/aromatic N) is 3. The number of aryl methyl sites for hydroxylation is 1. The summed E-state index contributed by atoms with van der Waals surface area (Å²) in [4.78, 5) is 31.4. The molecule has 2 N–H and O–H groups in total. The normalized spacial score (nSPS) is 12.5. The van der Waals surface area contributed by atoms with Crippen molar-refractivity contribution in [2.45, 2.75) is 19.5 Å².